The van der Waals surface area contributed by atoms with Gasteiger partial charge in [-0.2, -0.15) is 0 Å². The minimum Gasteiger partial charge on any atom is -0.330 e. The highest BCUT2D eigenvalue weighted by Crippen LogP contribution is 2.17. The van der Waals surface area contributed by atoms with E-state index in [0.29, 0.717) is 6.54 Å². The molecule has 0 heterocycles. The normalized spacial score (nSPS) is 10.4. The maximum atomic E-state index is 5.91. The van der Waals surface area contributed by atoms with Crippen LogP contribution in [0, 0.1) is 0 Å². The summed E-state index contributed by atoms with van der Waals surface area (Å²) in [5, 5.41) is 0.809. The second kappa shape index (κ2) is 5.25. The summed E-state index contributed by atoms with van der Waals surface area (Å²) in [5.74, 6) is 0. The van der Waals surface area contributed by atoms with Gasteiger partial charge in [-0.05, 0) is 42.6 Å². The van der Waals surface area contributed by atoms with Crippen molar-refractivity contribution >= 4 is 11.6 Å². The quantitative estimate of drug-likeness (QED) is 0.790. The molecule has 0 amide bonds. The van der Waals surface area contributed by atoms with E-state index in [0.717, 1.165) is 17.9 Å². The third-order valence-electron chi connectivity index (χ3n) is 2.10. The van der Waals surface area contributed by atoms with Gasteiger partial charge in [0.05, 0.1) is 0 Å². The van der Waals surface area contributed by atoms with Crippen molar-refractivity contribution in [3.05, 3.63) is 34.3 Å². The van der Waals surface area contributed by atoms with Crippen LogP contribution < -0.4 is 5.73 Å². The van der Waals surface area contributed by atoms with Gasteiger partial charge in [0.2, 0.25) is 0 Å². The fourth-order valence-corrected chi connectivity index (χ4v) is 1.69. The van der Waals surface area contributed by atoms with Crippen molar-refractivity contribution in [2.75, 3.05) is 6.54 Å². The molecule has 72 valence electrons. The van der Waals surface area contributed by atoms with Gasteiger partial charge in [0.1, 0.15) is 0 Å². The molecular weight excluding hydrogens is 182 g/mol. The first-order valence-corrected chi connectivity index (χ1v) is 5.13. The lowest BCUT2D eigenvalue weighted by atomic mass is 10.0. The topological polar surface area (TPSA) is 26.0 Å². The molecule has 0 aromatic heterocycles. The highest BCUT2D eigenvalue weighted by Gasteiger charge is 2.01. The van der Waals surface area contributed by atoms with Crippen LogP contribution in [0.5, 0.6) is 0 Å². The van der Waals surface area contributed by atoms with Crippen LogP contribution in [0.2, 0.25) is 5.02 Å². The largest absolute Gasteiger partial charge is 0.330 e. The molecule has 0 spiro atoms. The van der Waals surface area contributed by atoms with Crippen LogP contribution in [-0.2, 0) is 12.8 Å². The molecular formula is C11H16ClN. The predicted octanol–water partition coefficient (Wildman–Crippen LogP) is 2.79. The summed E-state index contributed by atoms with van der Waals surface area (Å²) in [6, 6.07) is 6.09. The fraction of sp³-hybridized carbons (Fsp3) is 0.455. The van der Waals surface area contributed by atoms with Crippen LogP contribution in [0.1, 0.15) is 24.5 Å². The lowest BCUT2D eigenvalue weighted by Crippen LogP contribution is -2.05. The van der Waals surface area contributed by atoms with E-state index in [4.69, 9.17) is 17.3 Å². The molecule has 0 saturated heterocycles. The summed E-state index contributed by atoms with van der Waals surface area (Å²) < 4.78 is 0. The van der Waals surface area contributed by atoms with Crippen LogP contribution in [0.4, 0.5) is 0 Å². The van der Waals surface area contributed by atoms with Crippen LogP contribution in [0.3, 0.4) is 0 Å². The Morgan fingerprint density at radius 3 is 2.62 bits per heavy atom. The molecule has 0 aliphatic rings. The Kier molecular flexibility index (Phi) is 4.26. The van der Waals surface area contributed by atoms with Crippen LogP contribution in [0.15, 0.2) is 18.2 Å². The average Bonchev–Trinajstić information content (AvgIpc) is 2.10. The molecule has 2 heteroatoms. The molecule has 1 aromatic rings. The summed E-state index contributed by atoms with van der Waals surface area (Å²) in [6.45, 7) is 2.87. The van der Waals surface area contributed by atoms with Crippen LogP contribution in [0.25, 0.3) is 0 Å². The first-order chi connectivity index (χ1) is 6.27. The fourth-order valence-electron chi connectivity index (χ4n) is 1.50. The first-order valence-electron chi connectivity index (χ1n) is 4.75. The Morgan fingerprint density at radius 2 is 2.00 bits per heavy atom. The van der Waals surface area contributed by atoms with Gasteiger partial charge in [0.25, 0.3) is 0 Å². The van der Waals surface area contributed by atoms with Crippen molar-refractivity contribution in [3.8, 4) is 0 Å². The molecule has 0 fully saturated rings. The van der Waals surface area contributed by atoms with E-state index in [1.807, 2.05) is 12.1 Å². The zero-order valence-corrected chi connectivity index (χ0v) is 8.77. The summed E-state index contributed by atoms with van der Waals surface area (Å²) in [4.78, 5) is 0. The van der Waals surface area contributed by atoms with E-state index >= 15 is 0 Å². The van der Waals surface area contributed by atoms with Crippen molar-refractivity contribution < 1.29 is 0 Å². The summed E-state index contributed by atoms with van der Waals surface area (Å²) in [5.41, 5.74) is 8.22. The van der Waals surface area contributed by atoms with Crippen molar-refractivity contribution in [2.45, 2.75) is 26.2 Å². The molecule has 0 bridgehead atoms. The summed E-state index contributed by atoms with van der Waals surface area (Å²) >= 11 is 5.91. The molecule has 0 aliphatic heterocycles. The van der Waals surface area contributed by atoms with E-state index in [2.05, 4.69) is 13.0 Å². The molecule has 0 saturated carbocycles. The molecule has 0 aliphatic carbocycles. The van der Waals surface area contributed by atoms with Crippen LogP contribution in [-0.4, -0.2) is 6.54 Å². The first kappa shape index (κ1) is 10.6. The van der Waals surface area contributed by atoms with Gasteiger partial charge in [0.15, 0.2) is 0 Å². The van der Waals surface area contributed by atoms with Crippen molar-refractivity contribution in [2.24, 2.45) is 5.73 Å². The number of aryl methyl sites for hydroxylation is 1. The van der Waals surface area contributed by atoms with Gasteiger partial charge in [-0.1, -0.05) is 31.0 Å². The Bertz CT molecular complexity index is 271. The van der Waals surface area contributed by atoms with Crippen LogP contribution >= 0.6 is 11.6 Å². The van der Waals surface area contributed by atoms with E-state index in [9.17, 15) is 0 Å². The monoisotopic (exact) mass is 197 g/mol. The molecule has 0 radical (unpaired) electrons. The minimum absolute atomic E-state index is 0.692. The Labute approximate surface area is 84.9 Å². The van der Waals surface area contributed by atoms with Gasteiger partial charge in [-0.25, -0.2) is 0 Å². The molecule has 2 N–H and O–H groups in total. The minimum atomic E-state index is 0.692. The molecule has 0 unspecified atom stereocenters. The van der Waals surface area contributed by atoms with E-state index in [-0.39, 0.29) is 0 Å². The number of hydrogen-bond acceptors (Lipinski definition) is 1. The molecule has 1 nitrogen and oxygen atoms in total. The summed E-state index contributed by atoms with van der Waals surface area (Å²) in [6.07, 6.45) is 3.21. The van der Waals surface area contributed by atoms with Crippen molar-refractivity contribution in [3.63, 3.8) is 0 Å². The molecule has 1 rings (SSSR count). The maximum Gasteiger partial charge on any atom is 0.0408 e. The van der Waals surface area contributed by atoms with E-state index < -0.39 is 0 Å². The average molecular weight is 198 g/mol. The number of halogens is 1. The SMILES string of the molecule is CCCc1ccc(Cl)cc1CCN. The zero-order chi connectivity index (χ0) is 9.68. The standard InChI is InChI=1S/C11H16ClN/c1-2-3-9-4-5-11(12)8-10(9)6-7-13/h4-5,8H,2-3,6-7,13H2,1H3. The number of nitrogens with two attached hydrogens (primary N) is 1. The Balaban J connectivity index is 2.89. The number of rotatable bonds is 4. The molecule has 1 aromatic carbocycles. The second-order valence-corrected chi connectivity index (χ2v) is 3.64. The Hall–Kier alpha value is -0.530. The smallest absolute Gasteiger partial charge is 0.0408 e. The zero-order valence-electron chi connectivity index (χ0n) is 8.02. The third-order valence-corrected chi connectivity index (χ3v) is 2.34. The summed E-state index contributed by atoms with van der Waals surface area (Å²) in [7, 11) is 0. The Morgan fingerprint density at radius 1 is 1.23 bits per heavy atom. The van der Waals surface area contributed by atoms with Gasteiger partial charge in [-0.15, -0.1) is 0 Å². The predicted molar refractivity (Wildman–Crippen MR) is 58.2 cm³/mol. The van der Waals surface area contributed by atoms with Crippen molar-refractivity contribution in [1.29, 1.82) is 0 Å². The van der Waals surface area contributed by atoms with Gasteiger partial charge < -0.3 is 5.73 Å². The third kappa shape index (κ3) is 3.02. The number of hydrogen-bond donors (Lipinski definition) is 1. The van der Waals surface area contributed by atoms with E-state index in [1.54, 1.807) is 0 Å². The maximum absolute atomic E-state index is 5.91. The number of benzene rings is 1. The lowest BCUT2D eigenvalue weighted by molar-refractivity contribution is 0.879. The van der Waals surface area contributed by atoms with Gasteiger partial charge in [0, 0.05) is 5.02 Å². The molecule has 13 heavy (non-hydrogen) atoms. The van der Waals surface area contributed by atoms with E-state index in [1.165, 1.54) is 17.5 Å². The van der Waals surface area contributed by atoms with Crippen molar-refractivity contribution in [1.82, 2.24) is 0 Å². The highest BCUT2D eigenvalue weighted by atomic mass is 35.5. The highest BCUT2D eigenvalue weighted by molar-refractivity contribution is 6.30. The lowest BCUT2D eigenvalue weighted by Gasteiger charge is -2.07. The van der Waals surface area contributed by atoms with Gasteiger partial charge in [-0.3, -0.25) is 0 Å². The van der Waals surface area contributed by atoms with Gasteiger partial charge >= 0.3 is 0 Å². The second-order valence-electron chi connectivity index (χ2n) is 3.20. The molecule has 0 atom stereocenters.